The van der Waals surface area contributed by atoms with Gasteiger partial charge in [-0.1, -0.05) is 38.5 Å². The lowest BCUT2D eigenvalue weighted by Gasteiger charge is -1.99. The first-order chi connectivity index (χ1) is 5.72. The summed E-state index contributed by atoms with van der Waals surface area (Å²) in [5.74, 6) is 0.847. The van der Waals surface area contributed by atoms with Gasteiger partial charge in [-0.25, -0.2) is 0 Å². The molecule has 2 radical (unpaired) electrons. The third-order valence-corrected chi connectivity index (χ3v) is 1.65. The highest BCUT2D eigenvalue weighted by atomic mass is 79.9. The van der Waals surface area contributed by atoms with E-state index < -0.39 is 0 Å². The van der Waals surface area contributed by atoms with Gasteiger partial charge in [-0.15, -0.1) is 0 Å². The minimum Gasteiger partial charge on any atom is -0.497 e. The molecule has 1 aromatic carbocycles. The van der Waals surface area contributed by atoms with Crippen molar-refractivity contribution in [3.8, 4) is 5.75 Å². The second kappa shape index (κ2) is 4.36. The summed E-state index contributed by atoms with van der Waals surface area (Å²) in [5.41, 5.74) is 1.05. The number of hydrogen-bond acceptors (Lipinski definition) is 1. The van der Waals surface area contributed by atoms with Gasteiger partial charge in [0.2, 0.25) is 0 Å². The summed E-state index contributed by atoms with van der Waals surface area (Å²) in [4.78, 5) is 0. The quantitative estimate of drug-likeness (QED) is 0.700. The standard InChI is InChI=1S/C9H8BBrO/c1-12-8-4-2-7(3-5-8)6-9(10)11/h2-6H,1H3/b9-6-. The molecular formula is C9H8BBrO. The molecule has 0 N–H and O–H groups in total. The summed E-state index contributed by atoms with van der Waals surface area (Å²) in [6, 6.07) is 7.66. The maximum atomic E-state index is 5.44. The first kappa shape index (κ1) is 9.39. The van der Waals surface area contributed by atoms with E-state index in [2.05, 4.69) is 15.9 Å². The molecule has 0 saturated carbocycles. The molecule has 0 aromatic heterocycles. The summed E-state index contributed by atoms with van der Waals surface area (Å²) in [6.45, 7) is 0. The topological polar surface area (TPSA) is 9.23 Å². The first-order valence-corrected chi connectivity index (χ1v) is 4.28. The molecule has 1 rings (SSSR count). The Hall–Kier alpha value is -0.695. The zero-order valence-electron chi connectivity index (χ0n) is 6.75. The van der Waals surface area contributed by atoms with Gasteiger partial charge in [0.05, 0.1) is 7.11 Å². The summed E-state index contributed by atoms with van der Waals surface area (Å²) in [5, 5.41) is 0. The van der Waals surface area contributed by atoms with E-state index in [0.29, 0.717) is 4.38 Å². The van der Waals surface area contributed by atoms with Crippen LogP contribution in [0.4, 0.5) is 0 Å². The molecule has 0 heterocycles. The van der Waals surface area contributed by atoms with Crippen LogP contribution in [0.15, 0.2) is 28.6 Å². The number of halogens is 1. The van der Waals surface area contributed by atoms with Crippen LogP contribution < -0.4 is 4.74 Å². The van der Waals surface area contributed by atoms with Gasteiger partial charge in [-0.3, -0.25) is 0 Å². The fraction of sp³-hybridized carbons (Fsp3) is 0.111. The van der Waals surface area contributed by atoms with E-state index in [9.17, 15) is 0 Å². The van der Waals surface area contributed by atoms with Gasteiger partial charge in [0.15, 0.2) is 0 Å². The molecule has 12 heavy (non-hydrogen) atoms. The summed E-state index contributed by atoms with van der Waals surface area (Å²) in [7, 11) is 7.08. The molecule has 0 fully saturated rings. The second-order valence-corrected chi connectivity index (χ2v) is 3.22. The molecule has 0 aliphatic heterocycles. The average molecular weight is 223 g/mol. The highest BCUT2D eigenvalue weighted by Crippen LogP contribution is 2.14. The fourth-order valence-corrected chi connectivity index (χ4v) is 1.12. The van der Waals surface area contributed by atoms with Gasteiger partial charge in [0.1, 0.15) is 13.6 Å². The van der Waals surface area contributed by atoms with Crippen LogP contribution >= 0.6 is 15.9 Å². The van der Waals surface area contributed by atoms with Gasteiger partial charge in [-0.05, 0) is 17.7 Å². The second-order valence-electron chi connectivity index (χ2n) is 2.30. The smallest absolute Gasteiger partial charge is 0.124 e. The van der Waals surface area contributed by atoms with Gasteiger partial charge in [0, 0.05) is 0 Å². The molecule has 0 saturated heterocycles. The molecule has 0 atom stereocenters. The Kier molecular flexibility index (Phi) is 3.41. The van der Waals surface area contributed by atoms with E-state index in [4.69, 9.17) is 12.6 Å². The SMILES string of the molecule is [B]/C(Br)=C/c1ccc(OC)cc1. The third kappa shape index (κ3) is 2.74. The van der Waals surface area contributed by atoms with Crippen LogP contribution in [0.1, 0.15) is 5.56 Å². The summed E-state index contributed by atoms with van der Waals surface area (Å²) >= 11 is 3.15. The Morgan fingerprint density at radius 3 is 2.42 bits per heavy atom. The van der Waals surface area contributed by atoms with E-state index in [0.717, 1.165) is 11.3 Å². The van der Waals surface area contributed by atoms with Crippen molar-refractivity contribution in [2.75, 3.05) is 7.11 Å². The maximum Gasteiger partial charge on any atom is 0.124 e. The number of rotatable bonds is 2. The zero-order valence-corrected chi connectivity index (χ0v) is 8.34. The lowest BCUT2D eigenvalue weighted by molar-refractivity contribution is 0.415. The average Bonchev–Trinajstić information content (AvgIpc) is 2.05. The summed E-state index contributed by atoms with van der Waals surface area (Å²) < 4.78 is 5.63. The number of benzene rings is 1. The normalized spacial score (nSPS) is 11.3. The van der Waals surface area contributed by atoms with Crippen LogP contribution in [-0.4, -0.2) is 15.0 Å². The minimum atomic E-state index is 0.618. The lowest BCUT2D eigenvalue weighted by Crippen LogP contribution is -1.81. The first-order valence-electron chi connectivity index (χ1n) is 3.49. The van der Waals surface area contributed by atoms with Gasteiger partial charge in [-0.2, -0.15) is 0 Å². The number of ether oxygens (including phenoxy) is 1. The van der Waals surface area contributed by atoms with Crippen molar-refractivity contribution < 1.29 is 4.74 Å². The van der Waals surface area contributed by atoms with Crippen molar-refractivity contribution >= 4 is 29.9 Å². The molecule has 60 valence electrons. The van der Waals surface area contributed by atoms with E-state index in [1.807, 2.05) is 30.3 Å². The highest BCUT2D eigenvalue weighted by molar-refractivity contribution is 9.12. The molecule has 0 aliphatic rings. The van der Waals surface area contributed by atoms with Crippen molar-refractivity contribution in [1.29, 1.82) is 0 Å². The Balaban J connectivity index is 2.85. The van der Waals surface area contributed by atoms with Crippen molar-refractivity contribution in [2.45, 2.75) is 0 Å². The fourth-order valence-electron chi connectivity index (χ4n) is 0.859. The zero-order chi connectivity index (χ0) is 8.97. The van der Waals surface area contributed by atoms with Crippen LogP contribution in [0, 0.1) is 0 Å². The predicted octanol–water partition coefficient (Wildman–Crippen LogP) is 2.56. The molecule has 1 aromatic rings. The Morgan fingerprint density at radius 1 is 1.42 bits per heavy atom. The lowest BCUT2D eigenvalue weighted by atomic mass is 10.1. The molecule has 0 bridgehead atoms. The molecule has 1 nitrogen and oxygen atoms in total. The van der Waals surface area contributed by atoms with Gasteiger partial charge < -0.3 is 4.74 Å². The number of hydrogen-bond donors (Lipinski definition) is 0. The Labute approximate surface area is 82.0 Å². The molecule has 0 spiro atoms. The largest absolute Gasteiger partial charge is 0.497 e. The monoisotopic (exact) mass is 222 g/mol. The highest BCUT2D eigenvalue weighted by Gasteiger charge is 1.90. The van der Waals surface area contributed by atoms with Crippen molar-refractivity contribution in [3.05, 3.63) is 34.2 Å². The van der Waals surface area contributed by atoms with Crippen molar-refractivity contribution in [1.82, 2.24) is 0 Å². The van der Waals surface area contributed by atoms with Crippen molar-refractivity contribution in [2.24, 2.45) is 0 Å². The van der Waals surface area contributed by atoms with E-state index >= 15 is 0 Å². The van der Waals surface area contributed by atoms with Crippen LogP contribution in [0.2, 0.25) is 0 Å². The minimum absolute atomic E-state index is 0.618. The third-order valence-electron chi connectivity index (χ3n) is 1.42. The van der Waals surface area contributed by atoms with Gasteiger partial charge in [0.25, 0.3) is 0 Å². The molecule has 0 unspecified atom stereocenters. The predicted molar refractivity (Wildman–Crippen MR) is 55.7 cm³/mol. The van der Waals surface area contributed by atoms with Crippen molar-refractivity contribution in [3.63, 3.8) is 0 Å². The van der Waals surface area contributed by atoms with Crippen LogP contribution in [0.3, 0.4) is 0 Å². The van der Waals surface area contributed by atoms with Crippen LogP contribution in [0.5, 0.6) is 5.75 Å². The molecule has 0 amide bonds. The molecule has 0 aliphatic carbocycles. The van der Waals surface area contributed by atoms with Crippen LogP contribution in [0.25, 0.3) is 6.08 Å². The summed E-state index contributed by atoms with van der Waals surface area (Å²) in [6.07, 6.45) is 1.83. The Bertz CT molecular complexity index is 275. The van der Waals surface area contributed by atoms with E-state index in [1.54, 1.807) is 7.11 Å². The van der Waals surface area contributed by atoms with E-state index in [1.165, 1.54) is 0 Å². The van der Waals surface area contributed by atoms with E-state index in [-0.39, 0.29) is 0 Å². The van der Waals surface area contributed by atoms with Gasteiger partial charge >= 0.3 is 0 Å². The molecular weight excluding hydrogens is 215 g/mol. The maximum absolute atomic E-state index is 5.44. The van der Waals surface area contributed by atoms with Crippen LogP contribution in [-0.2, 0) is 0 Å². The molecule has 3 heteroatoms. The number of methoxy groups -OCH3 is 1. The Morgan fingerprint density at radius 2 is 2.00 bits per heavy atom.